The van der Waals surface area contributed by atoms with Crippen LogP contribution in [0.25, 0.3) is 0 Å². The van der Waals surface area contributed by atoms with Crippen molar-refractivity contribution in [3.05, 3.63) is 59.4 Å². The molecule has 0 radical (unpaired) electrons. The van der Waals surface area contributed by atoms with Crippen LogP contribution in [0.5, 0.6) is 0 Å². The molecule has 0 aromatic heterocycles. The number of sulfonamides is 1. The zero-order valence-electron chi connectivity index (χ0n) is 16.1. The Labute approximate surface area is 165 Å². The minimum atomic E-state index is -3.89. The summed E-state index contributed by atoms with van der Waals surface area (Å²) in [6.07, 6.45) is 5.37. The lowest BCUT2D eigenvalue weighted by molar-refractivity contribution is 0.0695. The highest BCUT2D eigenvalue weighted by Gasteiger charge is 2.25. The van der Waals surface area contributed by atoms with Crippen molar-refractivity contribution in [2.75, 3.05) is 11.8 Å². The van der Waals surface area contributed by atoms with E-state index in [4.69, 9.17) is 0 Å². The Balaban J connectivity index is 1.85. The summed E-state index contributed by atoms with van der Waals surface area (Å²) in [4.78, 5) is 14.8. The lowest BCUT2D eigenvalue weighted by Crippen LogP contribution is -2.38. The largest absolute Gasteiger partial charge is 0.339 e. The Kier molecular flexibility index (Phi) is 6.03. The molecule has 1 aliphatic carbocycles. The molecule has 28 heavy (non-hydrogen) atoms. The van der Waals surface area contributed by atoms with Gasteiger partial charge in [0, 0.05) is 24.3 Å². The van der Waals surface area contributed by atoms with Crippen LogP contribution in [0.3, 0.4) is 0 Å². The molecule has 0 heterocycles. The molecule has 1 saturated carbocycles. The number of benzene rings is 2. The quantitative estimate of drug-likeness (QED) is 0.806. The number of aryl methyl sites for hydroxylation is 1. The number of hydrogen-bond acceptors (Lipinski definition) is 3. The van der Waals surface area contributed by atoms with Gasteiger partial charge in [0.15, 0.2) is 0 Å². The van der Waals surface area contributed by atoms with E-state index in [1.165, 1.54) is 42.8 Å². The number of amides is 1. The monoisotopic (exact) mass is 404 g/mol. The summed E-state index contributed by atoms with van der Waals surface area (Å²) in [5.41, 5.74) is 1.37. The van der Waals surface area contributed by atoms with Gasteiger partial charge in [-0.2, -0.15) is 0 Å². The zero-order chi connectivity index (χ0) is 20.3. The van der Waals surface area contributed by atoms with Crippen LogP contribution in [0.4, 0.5) is 10.1 Å². The van der Waals surface area contributed by atoms with E-state index in [9.17, 15) is 17.6 Å². The van der Waals surface area contributed by atoms with Crippen molar-refractivity contribution in [3.63, 3.8) is 0 Å². The third kappa shape index (κ3) is 4.52. The normalized spacial score (nSPS) is 15.2. The Morgan fingerprint density at radius 1 is 1.07 bits per heavy atom. The second kappa shape index (κ2) is 8.31. The van der Waals surface area contributed by atoms with Gasteiger partial charge >= 0.3 is 0 Å². The summed E-state index contributed by atoms with van der Waals surface area (Å²) in [7, 11) is -2.11. The molecule has 3 rings (SSSR count). The molecule has 5 nitrogen and oxygen atoms in total. The van der Waals surface area contributed by atoms with Gasteiger partial charge in [0.05, 0.1) is 4.90 Å². The van der Waals surface area contributed by atoms with Crippen molar-refractivity contribution < 1.29 is 17.6 Å². The Morgan fingerprint density at radius 3 is 2.36 bits per heavy atom. The van der Waals surface area contributed by atoms with Crippen LogP contribution in [0, 0.1) is 12.7 Å². The molecule has 1 amide bonds. The molecule has 0 bridgehead atoms. The first-order valence-corrected chi connectivity index (χ1v) is 10.9. The third-order valence-corrected chi connectivity index (χ3v) is 6.67. The van der Waals surface area contributed by atoms with Gasteiger partial charge in [-0.1, -0.05) is 25.3 Å². The Bertz CT molecular complexity index is 952. The average Bonchev–Trinajstić information content (AvgIpc) is 2.69. The highest BCUT2D eigenvalue weighted by molar-refractivity contribution is 7.92. The van der Waals surface area contributed by atoms with E-state index >= 15 is 0 Å². The van der Waals surface area contributed by atoms with E-state index in [-0.39, 0.29) is 22.5 Å². The van der Waals surface area contributed by atoms with E-state index in [1.54, 1.807) is 24.9 Å². The van der Waals surface area contributed by atoms with Gasteiger partial charge in [-0.25, -0.2) is 12.8 Å². The fourth-order valence-corrected chi connectivity index (χ4v) is 4.64. The Morgan fingerprint density at radius 2 is 1.71 bits per heavy atom. The van der Waals surface area contributed by atoms with Crippen LogP contribution in [-0.4, -0.2) is 32.3 Å². The van der Waals surface area contributed by atoms with Gasteiger partial charge < -0.3 is 4.90 Å². The van der Waals surface area contributed by atoms with Gasteiger partial charge in [-0.05, 0) is 61.7 Å². The number of anilines is 1. The number of rotatable bonds is 5. The van der Waals surface area contributed by atoms with Crippen molar-refractivity contribution >= 4 is 21.6 Å². The zero-order valence-corrected chi connectivity index (χ0v) is 16.9. The highest BCUT2D eigenvalue weighted by Crippen LogP contribution is 2.25. The van der Waals surface area contributed by atoms with Gasteiger partial charge in [0.25, 0.3) is 15.9 Å². The van der Waals surface area contributed by atoms with E-state index in [2.05, 4.69) is 4.72 Å². The maximum Gasteiger partial charge on any atom is 0.261 e. The maximum absolute atomic E-state index is 13.0. The third-order valence-electron chi connectivity index (χ3n) is 5.29. The van der Waals surface area contributed by atoms with Crippen molar-refractivity contribution in [2.24, 2.45) is 0 Å². The van der Waals surface area contributed by atoms with Gasteiger partial charge in [0.1, 0.15) is 5.82 Å². The van der Waals surface area contributed by atoms with Crippen LogP contribution in [-0.2, 0) is 10.0 Å². The summed E-state index contributed by atoms with van der Waals surface area (Å²) in [5, 5.41) is 0. The second-order valence-electron chi connectivity index (χ2n) is 7.30. The molecule has 0 unspecified atom stereocenters. The van der Waals surface area contributed by atoms with Crippen LogP contribution in [0.15, 0.2) is 47.4 Å². The number of nitrogens with one attached hydrogen (secondary N) is 1. The molecule has 2 aromatic rings. The number of nitrogens with zero attached hydrogens (tertiary/aromatic N) is 1. The predicted molar refractivity (Wildman–Crippen MR) is 107 cm³/mol. The van der Waals surface area contributed by atoms with Crippen LogP contribution in [0.1, 0.15) is 48.0 Å². The van der Waals surface area contributed by atoms with Crippen molar-refractivity contribution in [1.29, 1.82) is 0 Å². The molecule has 1 fully saturated rings. The molecule has 2 aromatic carbocycles. The molecular weight excluding hydrogens is 379 g/mol. The summed E-state index contributed by atoms with van der Waals surface area (Å²) >= 11 is 0. The molecule has 0 spiro atoms. The average molecular weight is 405 g/mol. The standard InChI is InChI=1S/C21H25FN2O3S/c1-15-8-13-19(28(26,27)23-17-11-9-16(22)10-12-17)14-20(15)21(25)24(2)18-6-4-3-5-7-18/h8-14,18,23H,3-7H2,1-2H3. The fraction of sp³-hybridized carbons (Fsp3) is 0.381. The molecule has 0 atom stereocenters. The summed E-state index contributed by atoms with van der Waals surface area (Å²) in [6, 6.07) is 9.79. The number of halogens is 1. The smallest absolute Gasteiger partial charge is 0.261 e. The van der Waals surface area contributed by atoms with Crippen molar-refractivity contribution in [2.45, 2.75) is 50.0 Å². The second-order valence-corrected chi connectivity index (χ2v) is 8.98. The molecule has 1 aliphatic rings. The highest BCUT2D eigenvalue weighted by atomic mass is 32.2. The van der Waals surface area contributed by atoms with E-state index < -0.39 is 15.8 Å². The van der Waals surface area contributed by atoms with Gasteiger partial charge in [0.2, 0.25) is 0 Å². The van der Waals surface area contributed by atoms with Crippen molar-refractivity contribution in [1.82, 2.24) is 4.90 Å². The number of carbonyl (C=O) groups excluding carboxylic acids is 1. The fourth-order valence-electron chi connectivity index (χ4n) is 3.55. The molecule has 1 N–H and O–H groups in total. The topological polar surface area (TPSA) is 66.5 Å². The van der Waals surface area contributed by atoms with E-state index in [0.717, 1.165) is 31.2 Å². The first kappa shape index (κ1) is 20.3. The van der Waals surface area contributed by atoms with Gasteiger partial charge in [-0.3, -0.25) is 9.52 Å². The maximum atomic E-state index is 13.0. The Hall–Kier alpha value is -2.41. The van der Waals surface area contributed by atoms with Crippen molar-refractivity contribution in [3.8, 4) is 0 Å². The first-order valence-electron chi connectivity index (χ1n) is 9.44. The molecule has 0 aliphatic heterocycles. The predicted octanol–water partition coefficient (Wildman–Crippen LogP) is 4.34. The lowest BCUT2D eigenvalue weighted by atomic mass is 9.94. The van der Waals surface area contributed by atoms with Gasteiger partial charge in [-0.15, -0.1) is 0 Å². The van der Waals surface area contributed by atoms with E-state index in [1.807, 2.05) is 0 Å². The number of hydrogen-bond donors (Lipinski definition) is 1. The van der Waals surface area contributed by atoms with E-state index in [0.29, 0.717) is 5.56 Å². The molecule has 0 saturated heterocycles. The molecule has 7 heteroatoms. The SMILES string of the molecule is Cc1ccc(S(=O)(=O)Nc2ccc(F)cc2)cc1C(=O)N(C)C1CCCCC1. The number of carbonyl (C=O) groups is 1. The summed E-state index contributed by atoms with van der Waals surface area (Å²) < 4.78 is 40.9. The lowest BCUT2D eigenvalue weighted by Gasteiger charge is -2.31. The minimum absolute atomic E-state index is 0.00261. The first-order chi connectivity index (χ1) is 13.3. The minimum Gasteiger partial charge on any atom is -0.339 e. The van der Waals surface area contributed by atoms with Crippen LogP contribution >= 0.6 is 0 Å². The molecule has 150 valence electrons. The van der Waals surface area contributed by atoms with Crippen LogP contribution in [0.2, 0.25) is 0 Å². The summed E-state index contributed by atoms with van der Waals surface area (Å²) in [6.45, 7) is 1.80. The summed E-state index contributed by atoms with van der Waals surface area (Å²) in [5.74, 6) is -0.611. The molecular formula is C21H25FN2O3S. The van der Waals surface area contributed by atoms with Crippen LogP contribution < -0.4 is 4.72 Å².